The maximum Gasteiger partial charge on any atom is 0.194 e. The predicted molar refractivity (Wildman–Crippen MR) is 68.9 cm³/mol. The third kappa shape index (κ3) is 2.44. The summed E-state index contributed by atoms with van der Waals surface area (Å²) in [5, 5.41) is 0.402. The Morgan fingerprint density at radius 3 is 2.56 bits per heavy atom. The Morgan fingerprint density at radius 1 is 1.17 bits per heavy atom. The van der Waals surface area contributed by atoms with Gasteiger partial charge in [-0.05, 0) is 40.2 Å². The number of hydrogen-bond donors (Lipinski definition) is 0. The second kappa shape index (κ2) is 5.16. The van der Waals surface area contributed by atoms with Crippen LogP contribution in [0.4, 0.5) is 8.78 Å². The molecule has 0 aromatic heterocycles. The molecule has 0 spiro atoms. The van der Waals surface area contributed by atoms with E-state index >= 15 is 0 Å². The number of ketones is 1. The van der Waals surface area contributed by atoms with Crippen molar-refractivity contribution in [1.29, 1.82) is 0 Å². The van der Waals surface area contributed by atoms with E-state index in [1.54, 1.807) is 18.2 Å². The molecule has 0 amide bonds. The van der Waals surface area contributed by atoms with Crippen molar-refractivity contribution in [3.8, 4) is 0 Å². The zero-order valence-corrected chi connectivity index (χ0v) is 11.2. The van der Waals surface area contributed by atoms with Crippen molar-refractivity contribution in [2.45, 2.75) is 0 Å². The van der Waals surface area contributed by atoms with Gasteiger partial charge < -0.3 is 0 Å². The van der Waals surface area contributed by atoms with Gasteiger partial charge in [0.2, 0.25) is 0 Å². The molecule has 0 aliphatic heterocycles. The van der Waals surface area contributed by atoms with Crippen LogP contribution in [0.2, 0.25) is 5.02 Å². The highest BCUT2D eigenvalue weighted by Gasteiger charge is 2.18. The van der Waals surface area contributed by atoms with Crippen LogP contribution in [0, 0.1) is 11.6 Å². The Labute approximate surface area is 116 Å². The third-order valence-electron chi connectivity index (χ3n) is 2.37. The number of carbonyl (C=O) groups excluding carboxylic acids is 1. The fourth-order valence-electron chi connectivity index (χ4n) is 1.49. The summed E-state index contributed by atoms with van der Waals surface area (Å²) in [6.07, 6.45) is 0. The highest BCUT2D eigenvalue weighted by Crippen LogP contribution is 2.25. The van der Waals surface area contributed by atoms with E-state index in [4.69, 9.17) is 11.6 Å². The van der Waals surface area contributed by atoms with Gasteiger partial charge in [-0.2, -0.15) is 0 Å². The minimum absolute atomic E-state index is 0.0520. The van der Waals surface area contributed by atoms with Crippen molar-refractivity contribution in [3.05, 3.63) is 68.7 Å². The Kier molecular flexibility index (Phi) is 3.78. The minimum atomic E-state index is -1.08. The van der Waals surface area contributed by atoms with Gasteiger partial charge in [-0.1, -0.05) is 23.7 Å². The molecule has 0 saturated heterocycles. The fraction of sp³-hybridized carbons (Fsp3) is 0. The maximum absolute atomic E-state index is 13.3. The molecule has 0 fully saturated rings. The summed E-state index contributed by atoms with van der Waals surface area (Å²) in [6.45, 7) is 0. The zero-order valence-electron chi connectivity index (χ0n) is 8.88. The van der Waals surface area contributed by atoms with Crippen LogP contribution in [0.3, 0.4) is 0 Å². The molecule has 0 heterocycles. The number of carbonyl (C=O) groups is 1. The summed E-state index contributed by atoms with van der Waals surface area (Å²) in [6, 6.07) is 8.41. The van der Waals surface area contributed by atoms with Gasteiger partial charge in [0, 0.05) is 16.1 Å². The van der Waals surface area contributed by atoms with Crippen molar-refractivity contribution in [3.63, 3.8) is 0 Å². The van der Waals surface area contributed by atoms with Crippen LogP contribution in [0.1, 0.15) is 15.9 Å². The molecule has 0 saturated carbocycles. The van der Waals surface area contributed by atoms with Crippen LogP contribution >= 0.6 is 27.5 Å². The topological polar surface area (TPSA) is 17.1 Å². The van der Waals surface area contributed by atoms with E-state index in [1.807, 2.05) is 0 Å². The molecule has 0 bridgehead atoms. The molecular weight excluding hydrogens is 325 g/mol. The highest BCUT2D eigenvalue weighted by atomic mass is 79.9. The molecule has 0 N–H and O–H groups in total. The first kappa shape index (κ1) is 13.2. The van der Waals surface area contributed by atoms with E-state index in [0.29, 0.717) is 10.6 Å². The van der Waals surface area contributed by atoms with Gasteiger partial charge in [0.1, 0.15) is 0 Å². The molecule has 0 atom stereocenters. The minimum Gasteiger partial charge on any atom is -0.289 e. The molecule has 0 unspecified atom stereocenters. The molecule has 0 radical (unpaired) electrons. The molecule has 1 nitrogen and oxygen atoms in total. The lowest BCUT2D eigenvalue weighted by Gasteiger charge is -2.05. The molecule has 2 rings (SSSR count). The van der Waals surface area contributed by atoms with Gasteiger partial charge in [0.25, 0.3) is 0 Å². The van der Waals surface area contributed by atoms with Crippen molar-refractivity contribution in [2.24, 2.45) is 0 Å². The Morgan fingerprint density at radius 2 is 1.89 bits per heavy atom. The van der Waals surface area contributed by atoms with Gasteiger partial charge in [-0.15, -0.1) is 0 Å². The molecular formula is C13H6BrClF2O. The fourth-order valence-corrected chi connectivity index (χ4v) is 2.18. The molecule has 92 valence electrons. The summed E-state index contributed by atoms with van der Waals surface area (Å²) in [4.78, 5) is 12.1. The van der Waals surface area contributed by atoms with Crippen LogP contribution in [0.5, 0.6) is 0 Å². The van der Waals surface area contributed by atoms with E-state index in [0.717, 1.165) is 6.07 Å². The monoisotopic (exact) mass is 330 g/mol. The first-order valence-electron chi connectivity index (χ1n) is 4.94. The molecule has 5 heteroatoms. The summed E-state index contributed by atoms with van der Waals surface area (Å²) < 4.78 is 26.1. The average molecular weight is 332 g/mol. The lowest BCUT2D eigenvalue weighted by Crippen LogP contribution is -2.04. The zero-order chi connectivity index (χ0) is 13.3. The van der Waals surface area contributed by atoms with Gasteiger partial charge in [-0.3, -0.25) is 4.79 Å². The quantitative estimate of drug-likeness (QED) is 0.580. The molecule has 2 aromatic rings. The second-order valence-electron chi connectivity index (χ2n) is 3.56. The van der Waals surface area contributed by atoms with E-state index in [9.17, 15) is 13.6 Å². The van der Waals surface area contributed by atoms with Crippen LogP contribution in [0.25, 0.3) is 0 Å². The van der Waals surface area contributed by atoms with Gasteiger partial charge in [-0.25, -0.2) is 8.78 Å². The lowest BCUT2D eigenvalue weighted by molar-refractivity contribution is 0.103. The van der Waals surface area contributed by atoms with Crippen LogP contribution < -0.4 is 0 Å². The summed E-state index contributed by atoms with van der Waals surface area (Å²) in [5.74, 6) is -2.52. The number of rotatable bonds is 2. The average Bonchev–Trinajstić information content (AvgIpc) is 2.35. The smallest absolute Gasteiger partial charge is 0.194 e. The van der Waals surface area contributed by atoms with E-state index in [2.05, 4.69) is 15.9 Å². The Hall–Kier alpha value is -1.26. The first-order valence-corrected chi connectivity index (χ1v) is 6.11. The maximum atomic E-state index is 13.3. The lowest BCUT2D eigenvalue weighted by atomic mass is 10.0. The summed E-state index contributed by atoms with van der Waals surface area (Å²) in [5.41, 5.74) is 0.366. The number of halogens is 4. The second-order valence-corrected chi connectivity index (χ2v) is 4.79. The first-order chi connectivity index (χ1) is 8.50. The van der Waals surface area contributed by atoms with Crippen LogP contribution in [-0.4, -0.2) is 5.78 Å². The Bertz CT molecular complexity index is 628. The third-order valence-corrected chi connectivity index (χ3v) is 3.38. The molecule has 0 aliphatic rings. The summed E-state index contributed by atoms with van der Waals surface area (Å²) in [7, 11) is 0. The van der Waals surface area contributed by atoms with Crippen molar-refractivity contribution >= 4 is 33.3 Å². The van der Waals surface area contributed by atoms with Gasteiger partial charge in [0.05, 0.1) is 4.47 Å². The largest absolute Gasteiger partial charge is 0.289 e. The molecule has 2 aromatic carbocycles. The standard InChI is InChI=1S/C13H6BrClF2O/c14-11-9(4-5-10(16)12(11)17)13(18)7-2-1-3-8(15)6-7/h1-6H. The molecule has 0 aliphatic carbocycles. The van der Waals surface area contributed by atoms with Crippen LogP contribution in [-0.2, 0) is 0 Å². The van der Waals surface area contributed by atoms with E-state index in [-0.39, 0.29) is 10.0 Å². The van der Waals surface area contributed by atoms with Crippen molar-refractivity contribution in [2.75, 3.05) is 0 Å². The van der Waals surface area contributed by atoms with Gasteiger partial charge >= 0.3 is 0 Å². The van der Waals surface area contributed by atoms with Gasteiger partial charge in [0.15, 0.2) is 17.4 Å². The number of benzene rings is 2. The van der Waals surface area contributed by atoms with Crippen molar-refractivity contribution in [1.82, 2.24) is 0 Å². The van der Waals surface area contributed by atoms with E-state index in [1.165, 1.54) is 12.1 Å². The normalized spacial score (nSPS) is 10.4. The predicted octanol–water partition coefficient (Wildman–Crippen LogP) is 4.61. The highest BCUT2D eigenvalue weighted by molar-refractivity contribution is 9.10. The van der Waals surface area contributed by atoms with E-state index < -0.39 is 17.4 Å². The summed E-state index contributed by atoms with van der Waals surface area (Å²) >= 11 is 8.65. The number of hydrogen-bond acceptors (Lipinski definition) is 1. The Balaban J connectivity index is 2.50. The SMILES string of the molecule is O=C(c1cccc(Cl)c1)c1ccc(F)c(F)c1Br. The molecule has 18 heavy (non-hydrogen) atoms. The van der Waals surface area contributed by atoms with Crippen LogP contribution in [0.15, 0.2) is 40.9 Å². The van der Waals surface area contributed by atoms with Crippen molar-refractivity contribution < 1.29 is 13.6 Å².